The smallest absolute Gasteiger partial charge is 0.148 e. The maximum atomic E-state index is 6.10. The van der Waals surface area contributed by atoms with Crippen molar-refractivity contribution in [1.29, 1.82) is 0 Å². The first-order valence-corrected chi connectivity index (χ1v) is 8.33. The number of methoxy groups -OCH3 is 1. The lowest BCUT2D eigenvalue weighted by Crippen LogP contribution is -3.06. The normalized spacial score (nSPS) is 12.5. The minimum atomic E-state index is 0.739. The molecular formula is C17H18ClN2OS+. The molecule has 5 heteroatoms. The van der Waals surface area contributed by atoms with Crippen molar-refractivity contribution < 1.29 is 9.64 Å². The first kappa shape index (κ1) is 15.3. The summed E-state index contributed by atoms with van der Waals surface area (Å²) in [6, 6.07) is 14.0. The summed E-state index contributed by atoms with van der Waals surface area (Å²) >= 11 is 7.86. The molecule has 1 N–H and O–H groups in total. The number of aromatic nitrogens is 1. The highest BCUT2D eigenvalue weighted by Gasteiger charge is 2.13. The van der Waals surface area contributed by atoms with Gasteiger partial charge in [-0.15, -0.1) is 11.3 Å². The molecule has 1 unspecified atom stereocenters. The molecule has 3 rings (SSSR count). The number of hydrogen-bond donors (Lipinski definition) is 1. The Bertz CT molecular complexity index is 754. The molecule has 1 heterocycles. The van der Waals surface area contributed by atoms with Crippen molar-refractivity contribution in [1.82, 2.24) is 4.98 Å². The van der Waals surface area contributed by atoms with Crippen molar-refractivity contribution in [2.24, 2.45) is 0 Å². The highest BCUT2D eigenvalue weighted by atomic mass is 35.5. The Labute approximate surface area is 139 Å². The summed E-state index contributed by atoms with van der Waals surface area (Å²) in [5, 5.41) is 1.89. The largest absolute Gasteiger partial charge is 0.496 e. The zero-order chi connectivity index (χ0) is 15.5. The molecule has 1 atom stereocenters. The van der Waals surface area contributed by atoms with Gasteiger partial charge in [0.1, 0.15) is 23.8 Å². The first-order chi connectivity index (χ1) is 10.7. The number of benzene rings is 2. The van der Waals surface area contributed by atoms with Gasteiger partial charge >= 0.3 is 0 Å². The van der Waals surface area contributed by atoms with Gasteiger partial charge in [-0.05, 0) is 30.3 Å². The Morgan fingerprint density at radius 2 is 2.00 bits per heavy atom. The fourth-order valence-electron chi connectivity index (χ4n) is 2.53. The maximum Gasteiger partial charge on any atom is 0.148 e. The number of hydrogen-bond acceptors (Lipinski definition) is 3. The van der Waals surface area contributed by atoms with E-state index in [1.54, 1.807) is 18.4 Å². The van der Waals surface area contributed by atoms with E-state index in [9.17, 15) is 0 Å². The molecule has 3 nitrogen and oxygen atoms in total. The number of ether oxygens (including phenoxy) is 1. The quantitative estimate of drug-likeness (QED) is 0.776. The second-order valence-corrected chi connectivity index (χ2v) is 6.89. The Morgan fingerprint density at radius 1 is 1.18 bits per heavy atom. The molecule has 0 aliphatic heterocycles. The number of nitrogens with zero attached hydrogens (tertiary/aromatic N) is 1. The summed E-state index contributed by atoms with van der Waals surface area (Å²) in [6.45, 7) is 1.73. The predicted molar refractivity (Wildman–Crippen MR) is 91.9 cm³/mol. The summed E-state index contributed by atoms with van der Waals surface area (Å²) in [5.74, 6) is 0.882. The van der Waals surface area contributed by atoms with Gasteiger partial charge in [-0.2, -0.15) is 0 Å². The topological polar surface area (TPSA) is 26.6 Å². The minimum Gasteiger partial charge on any atom is -0.496 e. The molecule has 0 radical (unpaired) electrons. The lowest BCUT2D eigenvalue weighted by atomic mass is 10.2. The van der Waals surface area contributed by atoms with Gasteiger partial charge < -0.3 is 9.64 Å². The fraction of sp³-hybridized carbons (Fsp3) is 0.235. The summed E-state index contributed by atoms with van der Waals surface area (Å²) in [6.07, 6.45) is 0. The number of nitrogens with one attached hydrogen (secondary N) is 1. The van der Waals surface area contributed by atoms with E-state index in [0.29, 0.717) is 0 Å². The monoisotopic (exact) mass is 333 g/mol. The molecule has 0 fully saturated rings. The zero-order valence-corrected chi connectivity index (χ0v) is 14.2. The van der Waals surface area contributed by atoms with E-state index in [4.69, 9.17) is 21.3 Å². The Morgan fingerprint density at radius 3 is 2.77 bits per heavy atom. The van der Waals surface area contributed by atoms with Gasteiger partial charge in [-0.3, -0.25) is 0 Å². The van der Waals surface area contributed by atoms with Crippen molar-refractivity contribution >= 4 is 33.2 Å². The molecule has 0 aliphatic carbocycles. The third kappa shape index (κ3) is 3.40. The number of para-hydroxylation sites is 1. The van der Waals surface area contributed by atoms with Crippen molar-refractivity contribution in [3.8, 4) is 5.75 Å². The third-order valence-corrected chi connectivity index (χ3v) is 4.80. The van der Waals surface area contributed by atoms with Gasteiger partial charge in [0, 0.05) is 10.6 Å². The standard InChI is InChI=1S/C17H17ClN2OS/c1-20(10-12-9-13(18)7-8-15(12)21-2)11-17-19-14-5-3-4-6-16(14)22-17/h3-9H,10-11H2,1-2H3/p+1. The Balaban J connectivity index is 1.74. The number of fused-ring (bicyclic) bond motifs is 1. The molecule has 0 spiro atoms. The highest BCUT2D eigenvalue weighted by Crippen LogP contribution is 2.23. The second-order valence-electron chi connectivity index (χ2n) is 5.34. The molecule has 2 aromatic carbocycles. The van der Waals surface area contributed by atoms with Crippen LogP contribution in [0.4, 0.5) is 0 Å². The van der Waals surface area contributed by atoms with E-state index in [-0.39, 0.29) is 0 Å². The van der Waals surface area contributed by atoms with E-state index < -0.39 is 0 Å². The molecule has 114 valence electrons. The van der Waals surface area contributed by atoms with Crippen molar-refractivity contribution in [2.45, 2.75) is 13.1 Å². The highest BCUT2D eigenvalue weighted by molar-refractivity contribution is 7.18. The van der Waals surface area contributed by atoms with Gasteiger partial charge in [-0.25, -0.2) is 4.98 Å². The molecule has 0 bridgehead atoms. The lowest BCUT2D eigenvalue weighted by molar-refractivity contribution is -0.907. The van der Waals surface area contributed by atoms with E-state index in [1.165, 1.54) is 9.60 Å². The molecule has 0 saturated heterocycles. The summed E-state index contributed by atoms with van der Waals surface area (Å²) in [5.41, 5.74) is 2.20. The molecule has 3 aromatic rings. The number of halogens is 1. The third-order valence-electron chi connectivity index (χ3n) is 3.53. The SMILES string of the molecule is COc1ccc(Cl)cc1C[NH+](C)Cc1nc2ccccc2s1. The van der Waals surface area contributed by atoms with Gasteiger partial charge in [0.2, 0.25) is 0 Å². The fourth-order valence-corrected chi connectivity index (χ4v) is 3.80. The van der Waals surface area contributed by atoms with Crippen LogP contribution in [0.2, 0.25) is 5.02 Å². The van der Waals surface area contributed by atoms with Crippen molar-refractivity contribution in [3.05, 3.63) is 58.1 Å². The van der Waals surface area contributed by atoms with Gasteiger partial charge in [0.25, 0.3) is 0 Å². The van der Waals surface area contributed by atoms with Crippen molar-refractivity contribution in [3.63, 3.8) is 0 Å². The summed E-state index contributed by atoms with van der Waals surface area (Å²) < 4.78 is 6.66. The zero-order valence-electron chi connectivity index (χ0n) is 12.6. The Hall–Kier alpha value is -1.62. The molecule has 1 aromatic heterocycles. The van der Waals surface area contributed by atoms with Crippen LogP contribution in [0.25, 0.3) is 10.2 Å². The van der Waals surface area contributed by atoms with Crippen LogP contribution in [0.5, 0.6) is 5.75 Å². The van der Waals surface area contributed by atoms with E-state index in [2.05, 4.69) is 25.2 Å². The van der Waals surface area contributed by atoms with Crippen LogP contribution in [-0.4, -0.2) is 19.1 Å². The van der Waals surface area contributed by atoms with Gasteiger partial charge in [-0.1, -0.05) is 23.7 Å². The molecule has 22 heavy (non-hydrogen) atoms. The Kier molecular flexibility index (Phi) is 4.62. The van der Waals surface area contributed by atoms with Crippen LogP contribution in [0.15, 0.2) is 42.5 Å². The molecule has 0 aliphatic rings. The predicted octanol–water partition coefficient (Wildman–Crippen LogP) is 3.17. The number of quaternary nitrogens is 1. The maximum absolute atomic E-state index is 6.10. The van der Waals surface area contributed by atoms with Gasteiger partial charge in [0.15, 0.2) is 0 Å². The molecule has 0 amide bonds. The summed E-state index contributed by atoms with van der Waals surface area (Å²) in [4.78, 5) is 6.04. The molecular weight excluding hydrogens is 316 g/mol. The van der Waals surface area contributed by atoms with Crippen LogP contribution >= 0.6 is 22.9 Å². The molecule has 0 saturated carbocycles. The number of rotatable bonds is 5. The van der Waals surface area contributed by atoms with Crippen LogP contribution in [0.3, 0.4) is 0 Å². The second kappa shape index (κ2) is 6.65. The van der Waals surface area contributed by atoms with Crippen LogP contribution in [-0.2, 0) is 13.1 Å². The van der Waals surface area contributed by atoms with Crippen LogP contribution in [0, 0.1) is 0 Å². The van der Waals surface area contributed by atoms with E-state index >= 15 is 0 Å². The average Bonchev–Trinajstić information content (AvgIpc) is 2.89. The van der Waals surface area contributed by atoms with Crippen LogP contribution < -0.4 is 9.64 Å². The number of thiazole rings is 1. The average molecular weight is 334 g/mol. The van der Waals surface area contributed by atoms with E-state index in [1.807, 2.05) is 24.3 Å². The minimum absolute atomic E-state index is 0.739. The van der Waals surface area contributed by atoms with Gasteiger partial charge in [0.05, 0.1) is 24.4 Å². The van der Waals surface area contributed by atoms with Crippen LogP contribution in [0.1, 0.15) is 10.6 Å². The van der Waals surface area contributed by atoms with Crippen molar-refractivity contribution in [2.75, 3.05) is 14.2 Å². The lowest BCUT2D eigenvalue weighted by Gasteiger charge is -2.15. The summed E-state index contributed by atoms with van der Waals surface area (Å²) in [7, 11) is 3.85. The van der Waals surface area contributed by atoms with E-state index in [0.717, 1.165) is 39.9 Å². The first-order valence-electron chi connectivity index (χ1n) is 7.14.